The van der Waals surface area contributed by atoms with E-state index in [0.29, 0.717) is 4.57 Å². The molecule has 4 saturated heterocycles. The number of halogens is 2. The molecule has 2 aromatic rings. The van der Waals surface area contributed by atoms with Crippen molar-refractivity contribution in [2.75, 3.05) is 13.2 Å². The minimum atomic E-state index is -3.82. The quantitative estimate of drug-likeness (QED) is 0.303. The molecule has 2 aromatic heterocycles. The Balaban J connectivity index is 0.000000195. The van der Waals surface area contributed by atoms with Gasteiger partial charge >= 0.3 is 27.0 Å². The highest BCUT2D eigenvalue weighted by molar-refractivity contribution is 7.48. The van der Waals surface area contributed by atoms with Gasteiger partial charge in [-0.1, -0.05) is 0 Å². The van der Waals surface area contributed by atoms with Crippen molar-refractivity contribution < 1.29 is 50.9 Å². The van der Waals surface area contributed by atoms with Gasteiger partial charge in [-0.25, -0.2) is 23.3 Å². The molecule has 4 aliphatic heterocycles. The fourth-order valence-corrected chi connectivity index (χ4v) is 9.87. The molecule has 0 bridgehead atoms. The van der Waals surface area contributed by atoms with E-state index in [1.165, 1.54) is 18.5 Å². The van der Waals surface area contributed by atoms with Gasteiger partial charge in [0.1, 0.15) is 40.9 Å². The van der Waals surface area contributed by atoms with Crippen LogP contribution in [0.15, 0.2) is 43.7 Å². The van der Waals surface area contributed by atoms with E-state index < -0.39 is 97.6 Å². The van der Waals surface area contributed by atoms with Gasteiger partial charge in [-0.05, 0) is 41.5 Å². The maximum atomic E-state index is 12.6. The lowest BCUT2D eigenvalue weighted by molar-refractivity contribution is -0.0753. The van der Waals surface area contributed by atoms with Gasteiger partial charge in [-0.15, -0.1) is 23.2 Å². The minimum Gasteiger partial charge on any atom is -0.376 e. The Hall–Kier alpha value is -1.96. The fraction of sp³-hybridized carbons (Fsp3) is 0.704. The maximum Gasteiger partial charge on any atom is 0.475 e. The van der Waals surface area contributed by atoms with Gasteiger partial charge in [0, 0.05) is 24.5 Å². The van der Waals surface area contributed by atoms with Crippen LogP contribution in [0.3, 0.4) is 0 Å². The van der Waals surface area contributed by atoms with E-state index in [1.54, 1.807) is 41.5 Å². The number of phosphoric ester groups is 2. The number of nitrogens with zero attached hydrogens (tertiary/aromatic N) is 3. The van der Waals surface area contributed by atoms with Crippen LogP contribution in [-0.2, 0) is 52.5 Å². The van der Waals surface area contributed by atoms with Crippen molar-refractivity contribution in [3.05, 3.63) is 66.2 Å². The summed E-state index contributed by atoms with van der Waals surface area (Å²) in [7, 11) is -7.59. The van der Waals surface area contributed by atoms with Crippen LogP contribution in [-0.4, -0.2) is 83.4 Å². The second-order valence-corrected chi connectivity index (χ2v) is 17.4. The first-order chi connectivity index (χ1) is 23.2. The van der Waals surface area contributed by atoms with Gasteiger partial charge in [0.05, 0.1) is 25.4 Å². The molecule has 0 radical (unpaired) electrons. The largest absolute Gasteiger partial charge is 0.475 e. The number of H-pyrrole nitrogens is 1. The number of hydrogen-bond donors (Lipinski definition) is 2. The van der Waals surface area contributed by atoms with Crippen LogP contribution < -0.4 is 22.5 Å². The second kappa shape index (κ2) is 14.5. The predicted molar refractivity (Wildman–Crippen MR) is 174 cm³/mol. The number of aliphatic hydroxyl groups is 1. The molecule has 6 heterocycles. The molecule has 23 heteroatoms. The van der Waals surface area contributed by atoms with Crippen molar-refractivity contribution in [2.24, 2.45) is 0 Å². The molecule has 6 rings (SSSR count). The fourth-order valence-electron chi connectivity index (χ4n) is 5.77. The Morgan fingerprint density at radius 1 is 0.860 bits per heavy atom. The summed E-state index contributed by atoms with van der Waals surface area (Å²) in [5.74, 6) is 0. The van der Waals surface area contributed by atoms with Crippen LogP contribution in [0.5, 0.6) is 0 Å². The molecule has 19 nitrogen and oxygen atoms in total. The molecular formula is C27H38Cl2N4O15P2. The van der Waals surface area contributed by atoms with Crippen LogP contribution >= 0.6 is 38.8 Å². The summed E-state index contributed by atoms with van der Waals surface area (Å²) in [5.41, 5.74) is -2.65. The second-order valence-electron chi connectivity index (χ2n) is 12.6. The number of phosphoric acid groups is 2. The molecule has 0 saturated carbocycles. The van der Waals surface area contributed by atoms with Crippen molar-refractivity contribution in [3.8, 4) is 0 Å². The third-order valence-corrected chi connectivity index (χ3v) is 12.0. The first kappa shape index (κ1) is 39.3. The van der Waals surface area contributed by atoms with Crippen LogP contribution in [0.25, 0.3) is 0 Å². The lowest BCUT2D eigenvalue weighted by Gasteiger charge is -2.35. The molecule has 10 atom stereocenters. The molecule has 0 spiro atoms. The highest BCUT2D eigenvalue weighted by atomic mass is 35.5. The van der Waals surface area contributed by atoms with Crippen molar-refractivity contribution in [1.82, 2.24) is 18.7 Å². The molecule has 50 heavy (non-hydrogen) atoms. The standard InChI is InChI=1S/C14H20ClN2O8P.C13H18ClN2O7P/c1-8(2)24-26(21)22-6-9-11(25-26)14(3,15)12(23-9)16-5-4-10(19)17(7-18)13(16)20;1-7(2)22-24(19)20-6-8-10(23-24)13(3,14)11(21-8)16-5-4-9(17)15-12(16)18/h4-5,8-9,11-12,18H,6-7H2,1-3H3;4-5,7-8,10-11H,6H2,1-3H3,(H,15,17,18)/t9-,11-,12-,14-,26?;8-,10-,11-,13-,24?/m11/s1. The van der Waals surface area contributed by atoms with E-state index >= 15 is 0 Å². The van der Waals surface area contributed by atoms with Gasteiger partial charge in [0.25, 0.3) is 11.1 Å². The number of rotatable bonds is 7. The zero-order valence-electron chi connectivity index (χ0n) is 27.7. The topological polar surface area (TPSA) is 227 Å². The van der Waals surface area contributed by atoms with E-state index in [1.807, 2.05) is 0 Å². The highest BCUT2D eigenvalue weighted by Crippen LogP contribution is 2.61. The van der Waals surface area contributed by atoms with Crippen LogP contribution in [0.1, 0.15) is 54.0 Å². The van der Waals surface area contributed by atoms with Crippen molar-refractivity contribution in [1.29, 1.82) is 0 Å². The van der Waals surface area contributed by atoms with Crippen molar-refractivity contribution in [2.45, 2.75) is 107 Å². The van der Waals surface area contributed by atoms with Crippen LogP contribution in [0.2, 0.25) is 0 Å². The SMILES string of the molecule is CC(C)OP1(=O)OC[C@H]2O[C@@H](n3ccc(=O)[nH]c3=O)[C@](C)(Cl)[C@@H]2O1.CC(C)OP1(=O)OC[C@H]2O[C@@H](n3ccc(=O)n(CO)c3=O)[C@](C)(Cl)[C@@H]2O1. The Morgan fingerprint density at radius 2 is 1.32 bits per heavy atom. The van der Waals surface area contributed by atoms with Crippen molar-refractivity contribution >= 4 is 38.8 Å². The highest BCUT2D eigenvalue weighted by Gasteiger charge is 2.61. The van der Waals surface area contributed by atoms with E-state index in [-0.39, 0.29) is 19.3 Å². The normalized spacial score (nSPS) is 38.1. The molecule has 2 N–H and O–H groups in total. The molecule has 280 valence electrons. The molecule has 0 aliphatic carbocycles. The average molecular weight is 791 g/mol. The van der Waals surface area contributed by atoms with E-state index in [0.717, 1.165) is 15.2 Å². The summed E-state index contributed by atoms with van der Waals surface area (Å²) in [6, 6.07) is 2.30. The number of nitrogens with one attached hydrogen (secondary N) is 1. The van der Waals surface area contributed by atoms with Gasteiger partial charge in [-0.3, -0.25) is 50.8 Å². The number of fused-ring (bicyclic) bond motifs is 2. The van der Waals surface area contributed by atoms with Gasteiger partial charge in [0.15, 0.2) is 12.5 Å². The van der Waals surface area contributed by atoms with Gasteiger partial charge < -0.3 is 14.6 Å². The molecule has 4 aliphatic rings. The summed E-state index contributed by atoms with van der Waals surface area (Å²) in [4.78, 5) is 46.9. The molecular weight excluding hydrogens is 753 g/mol. The summed E-state index contributed by atoms with van der Waals surface area (Å²) in [6.07, 6.45) is -3.25. The molecule has 0 aromatic carbocycles. The minimum absolute atomic E-state index is 0.0500. The Bertz CT molecular complexity index is 1910. The number of ether oxygens (including phenoxy) is 2. The van der Waals surface area contributed by atoms with E-state index in [2.05, 4.69) is 4.98 Å². The van der Waals surface area contributed by atoms with Crippen molar-refractivity contribution in [3.63, 3.8) is 0 Å². The lowest BCUT2D eigenvalue weighted by atomic mass is 10.0. The third-order valence-electron chi connectivity index (χ3n) is 7.91. The number of aromatic amines is 1. The Morgan fingerprint density at radius 3 is 1.76 bits per heavy atom. The number of aromatic nitrogens is 4. The van der Waals surface area contributed by atoms with E-state index in [9.17, 15) is 33.4 Å². The number of aliphatic hydroxyl groups excluding tert-OH is 1. The first-order valence-electron chi connectivity index (χ1n) is 15.4. The third kappa shape index (κ3) is 7.71. The van der Waals surface area contributed by atoms with Crippen LogP contribution in [0.4, 0.5) is 0 Å². The molecule has 0 amide bonds. The average Bonchev–Trinajstić information content (AvgIpc) is 3.40. The number of alkyl halides is 2. The Kier molecular flexibility index (Phi) is 11.4. The zero-order chi connectivity index (χ0) is 37.0. The zero-order valence-corrected chi connectivity index (χ0v) is 31.0. The monoisotopic (exact) mass is 790 g/mol. The molecule has 4 fully saturated rings. The predicted octanol–water partition coefficient (Wildman–Crippen LogP) is 2.18. The summed E-state index contributed by atoms with van der Waals surface area (Å²) in [5, 5.41) is 9.23. The smallest absolute Gasteiger partial charge is 0.376 e. The summed E-state index contributed by atoms with van der Waals surface area (Å²) in [6.45, 7) is 9.01. The summed E-state index contributed by atoms with van der Waals surface area (Å²) >= 11 is 13.2. The number of hydrogen-bond acceptors (Lipinski definition) is 15. The van der Waals surface area contributed by atoms with Gasteiger partial charge in [0.2, 0.25) is 0 Å². The maximum absolute atomic E-state index is 12.6. The first-order valence-corrected chi connectivity index (χ1v) is 19.0. The lowest BCUT2D eigenvalue weighted by Crippen LogP contribution is -2.47. The summed E-state index contributed by atoms with van der Waals surface area (Å²) < 4.78 is 71.5. The van der Waals surface area contributed by atoms with E-state index in [4.69, 9.17) is 59.8 Å². The van der Waals surface area contributed by atoms with Crippen LogP contribution in [0, 0.1) is 0 Å². The molecule has 2 unspecified atom stereocenters. The van der Waals surface area contributed by atoms with Gasteiger partial charge in [-0.2, -0.15) is 0 Å². The Labute approximate surface area is 294 Å².